The summed E-state index contributed by atoms with van der Waals surface area (Å²) in [5, 5.41) is 3.99. The van der Waals surface area contributed by atoms with Gasteiger partial charge < -0.3 is 14.2 Å². The average Bonchev–Trinajstić information content (AvgIpc) is 3.08. The van der Waals surface area contributed by atoms with Gasteiger partial charge in [0.2, 0.25) is 11.8 Å². The molecule has 0 N–H and O–H groups in total. The Balaban J connectivity index is 1.44. The lowest BCUT2D eigenvalue weighted by molar-refractivity contribution is -0.132. The van der Waals surface area contributed by atoms with E-state index in [9.17, 15) is 9.59 Å². The number of hydrogen-bond acceptors (Lipinski definition) is 7. The molecule has 27 heavy (non-hydrogen) atoms. The lowest BCUT2D eigenvalue weighted by Gasteiger charge is -2.29. The predicted molar refractivity (Wildman–Crippen MR) is 94.1 cm³/mol. The van der Waals surface area contributed by atoms with Gasteiger partial charge in [0.1, 0.15) is 6.54 Å². The van der Waals surface area contributed by atoms with E-state index in [-0.39, 0.29) is 31.5 Å². The summed E-state index contributed by atoms with van der Waals surface area (Å²) < 4.78 is 10.7. The van der Waals surface area contributed by atoms with Crippen LogP contribution in [-0.4, -0.2) is 51.5 Å². The zero-order valence-corrected chi connectivity index (χ0v) is 15.1. The van der Waals surface area contributed by atoms with Crippen molar-refractivity contribution in [3.05, 3.63) is 30.0 Å². The molecule has 0 aromatic carbocycles. The third-order valence-corrected chi connectivity index (χ3v) is 4.96. The maximum atomic E-state index is 12.8. The van der Waals surface area contributed by atoms with Crippen molar-refractivity contribution in [3.8, 4) is 5.75 Å². The van der Waals surface area contributed by atoms with E-state index in [0.717, 1.165) is 12.8 Å². The van der Waals surface area contributed by atoms with E-state index in [1.165, 1.54) is 11.3 Å². The molecule has 0 atom stereocenters. The van der Waals surface area contributed by atoms with E-state index in [2.05, 4.69) is 15.1 Å². The first-order chi connectivity index (χ1) is 13.2. The fourth-order valence-corrected chi connectivity index (χ4v) is 3.13. The van der Waals surface area contributed by atoms with Crippen molar-refractivity contribution in [2.24, 2.45) is 0 Å². The van der Waals surface area contributed by atoms with Gasteiger partial charge >= 0.3 is 0 Å². The van der Waals surface area contributed by atoms with E-state index in [1.54, 1.807) is 23.2 Å². The van der Waals surface area contributed by atoms with E-state index in [4.69, 9.17) is 9.26 Å². The van der Waals surface area contributed by atoms with Crippen LogP contribution < -0.4 is 9.64 Å². The highest BCUT2D eigenvalue weighted by atomic mass is 16.5. The van der Waals surface area contributed by atoms with Crippen molar-refractivity contribution in [3.63, 3.8) is 0 Å². The smallest absolute Gasteiger partial charge is 0.266 e. The topological polar surface area (TPSA) is 102 Å². The Morgan fingerprint density at radius 2 is 2.26 bits per heavy atom. The van der Waals surface area contributed by atoms with Gasteiger partial charge in [-0.3, -0.25) is 14.5 Å². The van der Waals surface area contributed by atoms with Gasteiger partial charge in [-0.05, 0) is 31.9 Å². The van der Waals surface area contributed by atoms with Crippen molar-refractivity contribution in [1.29, 1.82) is 0 Å². The highest BCUT2D eigenvalue weighted by Gasteiger charge is 2.30. The normalized spacial score (nSPS) is 16.5. The second-order valence-electron chi connectivity index (χ2n) is 6.68. The van der Waals surface area contributed by atoms with Gasteiger partial charge in [-0.15, -0.1) is 0 Å². The van der Waals surface area contributed by atoms with Gasteiger partial charge in [0.25, 0.3) is 5.91 Å². The van der Waals surface area contributed by atoms with Crippen LogP contribution in [0.1, 0.15) is 43.8 Å². The van der Waals surface area contributed by atoms with Crippen molar-refractivity contribution in [1.82, 2.24) is 20.0 Å². The summed E-state index contributed by atoms with van der Waals surface area (Å²) >= 11 is 0. The summed E-state index contributed by atoms with van der Waals surface area (Å²) in [6.07, 6.45) is 4.90. The molecule has 0 saturated heterocycles. The molecule has 0 unspecified atom stereocenters. The zero-order valence-electron chi connectivity index (χ0n) is 15.1. The van der Waals surface area contributed by atoms with Gasteiger partial charge in [-0.25, -0.2) is 4.98 Å². The van der Waals surface area contributed by atoms with Crippen molar-refractivity contribution in [2.75, 3.05) is 24.6 Å². The van der Waals surface area contributed by atoms with Crippen LogP contribution >= 0.6 is 0 Å². The van der Waals surface area contributed by atoms with Crippen molar-refractivity contribution < 1.29 is 18.8 Å². The van der Waals surface area contributed by atoms with E-state index in [1.807, 2.05) is 6.92 Å². The molecule has 9 heteroatoms. The lowest BCUT2D eigenvalue weighted by atomic mass is 9.85. The fraction of sp³-hybridized carbons (Fsp3) is 0.500. The molecule has 4 rings (SSSR count). The quantitative estimate of drug-likeness (QED) is 0.758. The SMILES string of the molecule is CCN(Cc1noc(C2CCC2)n1)C(=O)CN1C(=O)COc2cccnc21. The summed E-state index contributed by atoms with van der Waals surface area (Å²) in [6.45, 7) is 2.39. The Kier molecular flexibility index (Phi) is 4.74. The number of ether oxygens (including phenoxy) is 1. The van der Waals surface area contributed by atoms with Crippen LogP contribution in [0, 0.1) is 0 Å². The molecule has 142 valence electrons. The van der Waals surface area contributed by atoms with Crippen LogP contribution in [0.15, 0.2) is 22.9 Å². The monoisotopic (exact) mass is 371 g/mol. The molecule has 3 heterocycles. The van der Waals surface area contributed by atoms with Crippen LogP contribution in [0.4, 0.5) is 5.82 Å². The number of hydrogen-bond donors (Lipinski definition) is 0. The Morgan fingerprint density at radius 3 is 3.00 bits per heavy atom. The molecule has 1 aliphatic heterocycles. The Hall–Kier alpha value is -2.97. The molecule has 2 aromatic rings. The number of carbonyl (C=O) groups excluding carboxylic acids is 2. The molecule has 1 saturated carbocycles. The first-order valence-corrected chi connectivity index (χ1v) is 9.14. The zero-order chi connectivity index (χ0) is 18.8. The molecule has 2 amide bonds. The number of carbonyl (C=O) groups is 2. The van der Waals surface area contributed by atoms with E-state index in [0.29, 0.717) is 35.7 Å². The second kappa shape index (κ2) is 7.34. The second-order valence-corrected chi connectivity index (χ2v) is 6.68. The molecular weight excluding hydrogens is 350 g/mol. The van der Waals surface area contributed by atoms with Crippen LogP contribution in [0.3, 0.4) is 0 Å². The number of rotatable bonds is 6. The van der Waals surface area contributed by atoms with Gasteiger partial charge in [0, 0.05) is 18.7 Å². The maximum Gasteiger partial charge on any atom is 0.266 e. The van der Waals surface area contributed by atoms with E-state index >= 15 is 0 Å². The Morgan fingerprint density at radius 1 is 1.41 bits per heavy atom. The lowest BCUT2D eigenvalue weighted by Crippen LogP contribution is -2.46. The van der Waals surface area contributed by atoms with Gasteiger partial charge in [-0.2, -0.15) is 4.98 Å². The third-order valence-electron chi connectivity index (χ3n) is 4.96. The number of pyridine rings is 1. The van der Waals surface area contributed by atoms with Gasteiger partial charge in [0.05, 0.1) is 6.54 Å². The summed E-state index contributed by atoms with van der Waals surface area (Å²) in [6, 6.07) is 3.45. The average molecular weight is 371 g/mol. The number of aromatic nitrogens is 3. The summed E-state index contributed by atoms with van der Waals surface area (Å²) in [5.74, 6) is 1.85. The van der Waals surface area contributed by atoms with Crippen LogP contribution in [-0.2, 0) is 16.1 Å². The third kappa shape index (κ3) is 3.49. The maximum absolute atomic E-state index is 12.8. The minimum atomic E-state index is -0.294. The summed E-state index contributed by atoms with van der Waals surface area (Å²) in [5.41, 5.74) is 0. The molecule has 0 radical (unpaired) electrons. The van der Waals surface area contributed by atoms with E-state index < -0.39 is 0 Å². The first kappa shape index (κ1) is 17.4. The van der Waals surface area contributed by atoms with Gasteiger partial charge in [-0.1, -0.05) is 11.6 Å². The number of likely N-dealkylation sites (N-methyl/N-ethyl adjacent to an activating group) is 1. The highest BCUT2D eigenvalue weighted by Crippen LogP contribution is 2.35. The highest BCUT2D eigenvalue weighted by molar-refractivity contribution is 6.01. The number of amides is 2. The number of fused-ring (bicyclic) bond motifs is 1. The minimum absolute atomic E-state index is 0.103. The predicted octanol–water partition coefficient (Wildman–Crippen LogP) is 1.51. The summed E-state index contributed by atoms with van der Waals surface area (Å²) in [4.78, 5) is 36.6. The molecule has 2 aliphatic rings. The molecule has 1 fully saturated rings. The first-order valence-electron chi connectivity index (χ1n) is 9.14. The van der Waals surface area contributed by atoms with Crippen molar-refractivity contribution >= 4 is 17.6 Å². The fourth-order valence-electron chi connectivity index (χ4n) is 3.13. The Bertz CT molecular complexity index is 848. The molecule has 1 aliphatic carbocycles. The molecular formula is C18H21N5O4. The number of nitrogens with zero attached hydrogens (tertiary/aromatic N) is 5. The minimum Gasteiger partial charge on any atom is -0.480 e. The van der Waals surface area contributed by atoms with Crippen LogP contribution in [0.25, 0.3) is 0 Å². The Labute approximate surface area is 156 Å². The van der Waals surface area contributed by atoms with Crippen molar-refractivity contribution in [2.45, 2.75) is 38.6 Å². The van der Waals surface area contributed by atoms with Crippen LogP contribution in [0.5, 0.6) is 5.75 Å². The molecule has 9 nitrogen and oxygen atoms in total. The summed E-state index contributed by atoms with van der Waals surface area (Å²) in [7, 11) is 0. The molecule has 0 spiro atoms. The number of anilines is 1. The largest absolute Gasteiger partial charge is 0.480 e. The van der Waals surface area contributed by atoms with Gasteiger partial charge in [0.15, 0.2) is 24.0 Å². The molecule has 0 bridgehead atoms. The standard InChI is InChI=1S/C18H21N5O4/c1-2-22(9-14-20-18(27-21-14)12-5-3-6-12)15(24)10-23-16(25)11-26-13-7-4-8-19-17(13)23/h4,7-8,12H,2-3,5-6,9-11H2,1H3. The van der Waals surface area contributed by atoms with Crippen LogP contribution in [0.2, 0.25) is 0 Å². The molecule has 2 aromatic heterocycles.